The molecule has 2 aromatic rings. The number of rotatable bonds is 6. The van der Waals surface area contributed by atoms with Crippen LogP contribution in [0.4, 0.5) is 4.79 Å². The first-order chi connectivity index (χ1) is 19.4. The fourth-order valence-electron chi connectivity index (χ4n) is 6.68. The molecule has 9 nitrogen and oxygen atoms in total. The van der Waals surface area contributed by atoms with Gasteiger partial charge in [-0.3, -0.25) is 4.79 Å². The number of imidazole rings is 1. The monoisotopic (exact) mass is 579 g/mol. The highest BCUT2D eigenvalue weighted by atomic mass is 16.7. The van der Waals surface area contributed by atoms with Gasteiger partial charge in [0.25, 0.3) is 0 Å². The van der Waals surface area contributed by atoms with E-state index >= 15 is 0 Å². The molecule has 2 bridgehead atoms. The second-order valence-electron chi connectivity index (χ2n) is 14.8. The van der Waals surface area contributed by atoms with Crippen LogP contribution in [0.15, 0.2) is 18.2 Å². The summed E-state index contributed by atoms with van der Waals surface area (Å²) in [5.41, 5.74) is 0.239. The standard InChI is InChI=1S/C32H46BN3O6/c1-18(2)23(15-19(3)37)28(38)35-22-13-11-20(16-22)26(35)27-34-24-14-12-21(33-41-31(7,8)32(9,10)42-33)17-25(24)36(27)29(39)40-30(4,5)6/h12,14,17-18,20,22-23,26H,11,13,15-16H2,1-10H3/t20-,22+,23?,26?/m0/s1. The molecule has 2 saturated heterocycles. The molecule has 1 aromatic heterocycles. The second kappa shape index (κ2) is 10.5. The van der Waals surface area contributed by atoms with E-state index < -0.39 is 35.9 Å². The van der Waals surface area contributed by atoms with E-state index in [0.29, 0.717) is 16.9 Å². The van der Waals surface area contributed by atoms with E-state index in [4.69, 9.17) is 19.0 Å². The molecule has 4 atom stereocenters. The summed E-state index contributed by atoms with van der Waals surface area (Å²) < 4.78 is 20.1. The molecular formula is C32H46BN3O6. The number of nitrogens with zero attached hydrogens (tertiary/aromatic N) is 3. The van der Waals surface area contributed by atoms with Crippen LogP contribution in [0.3, 0.4) is 0 Å². The van der Waals surface area contributed by atoms with Crippen LogP contribution in [0, 0.1) is 17.8 Å². The highest BCUT2D eigenvalue weighted by molar-refractivity contribution is 6.62. The quantitative estimate of drug-likeness (QED) is 0.421. The van der Waals surface area contributed by atoms with E-state index in [1.807, 2.05) is 85.4 Å². The third kappa shape index (κ3) is 5.41. The Kier molecular flexibility index (Phi) is 7.66. The Morgan fingerprint density at radius 3 is 2.31 bits per heavy atom. The minimum atomic E-state index is -0.733. The number of fused-ring (bicyclic) bond motifs is 3. The van der Waals surface area contributed by atoms with E-state index in [-0.39, 0.29) is 42.0 Å². The van der Waals surface area contributed by atoms with Crippen LogP contribution in [-0.2, 0) is 23.6 Å². The van der Waals surface area contributed by atoms with E-state index in [0.717, 1.165) is 24.7 Å². The number of carbonyl (C=O) groups excluding carboxylic acids is 3. The molecule has 42 heavy (non-hydrogen) atoms. The second-order valence-corrected chi connectivity index (χ2v) is 14.8. The number of likely N-dealkylation sites (tertiary alicyclic amines) is 1. The highest BCUT2D eigenvalue weighted by Gasteiger charge is 2.54. The zero-order chi connectivity index (χ0) is 30.9. The number of aromatic nitrogens is 2. The average molecular weight is 580 g/mol. The fraction of sp³-hybridized carbons (Fsp3) is 0.688. The van der Waals surface area contributed by atoms with Crippen molar-refractivity contribution in [1.82, 2.24) is 14.5 Å². The van der Waals surface area contributed by atoms with Gasteiger partial charge in [0.15, 0.2) is 0 Å². The molecular weight excluding hydrogens is 533 g/mol. The molecule has 0 spiro atoms. The summed E-state index contributed by atoms with van der Waals surface area (Å²) in [5, 5.41) is 0. The first-order valence-electron chi connectivity index (χ1n) is 15.3. The number of hydrogen-bond acceptors (Lipinski definition) is 7. The minimum Gasteiger partial charge on any atom is -0.443 e. The maximum Gasteiger partial charge on any atom is 0.494 e. The van der Waals surface area contributed by atoms with Gasteiger partial charge in [0.05, 0.1) is 28.3 Å². The van der Waals surface area contributed by atoms with Crippen molar-refractivity contribution in [3.63, 3.8) is 0 Å². The number of amides is 1. The summed E-state index contributed by atoms with van der Waals surface area (Å²) in [7, 11) is -0.608. The van der Waals surface area contributed by atoms with Crippen molar-refractivity contribution < 1.29 is 28.4 Å². The lowest BCUT2D eigenvalue weighted by molar-refractivity contribution is -0.144. The number of piperidine rings is 1. The molecule has 10 heteroatoms. The molecule has 228 valence electrons. The normalized spacial score (nSPS) is 25.5. The lowest BCUT2D eigenvalue weighted by Crippen LogP contribution is -2.46. The molecule has 3 fully saturated rings. The van der Waals surface area contributed by atoms with Crippen LogP contribution in [0.25, 0.3) is 11.0 Å². The summed E-state index contributed by atoms with van der Waals surface area (Å²) in [6.45, 7) is 19.0. The lowest BCUT2D eigenvalue weighted by atomic mass is 9.79. The Hall–Kier alpha value is -2.72. The van der Waals surface area contributed by atoms with Crippen LogP contribution in [0.2, 0.25) is 0 Å². The van der Waals surface area contributed by atoms with Gasteiger partial charge in [0.1, 0.15) is 17.2 Å². The maximum absolute atomic E-state index is 14.2. The maximum atomic E-state index is 14.2. The van der Waals surface area contributed by atoms with Crippen molar-refractivity contribution in [1.29, 1.82) is 0 Å². The van der Waals surface area contributed by atoms with E-state index in [1.54, 1.807) is 4.57 Å². The zero-order valence-corrected chi connectivity index (χ0v) is 26.8. The summed E-state index contributed by atoms with van der Waals surface area (Å²) in [4.78, 5) is 47.2. The molecule has 3 aliphatic rings. The molecule has 0 radical (unpaired) electrons. The minimum absolute atomic E-state index is 0.000755. The first-order valence-corrected chi connectivity index (χ1v) is 15.3. The van der Waals surface area contributed by atoms with Gasteiger partial charge >= 0.3 is 13.2 Å². The Labute approximate surface area is 249 Å². The van der Waals surface area contributed by atoms with Gasteiger partial charge in [0.2, 0.25) is 5.91 Å². The molecule has 1 amide bonds. The van der Waals surface area contributed by atoms with Crippen molar-refractivity contribution in [2.75, 3.05) is 0 Å². The fourth-order valence-corrected chi connectivity index (χ4v) is 6.68. The lowest BCUT2D eigenvalue weighted by Gasteiger charge is -2.38. The van der Waals surface area contributed by atoms with Crippen LogP contribution in [-0.4, -0.2) is 62.2 Å². The number of hydrogen-bond donors (Lipinski definition) is 0. The third-order valence-corrected chi connectivity index (χ3v) is 9.54. The number of Topliss-reactive ketones (excluding diaryl/α,β-unsaturated/α-hetero) is 1. The van der Waals surface area contributed by atoms with Crippen LogP contribution in [0.5, 0.6) is 0 Å². The average Bonchev–Trinajstić information content (AvgIpc) is 3.60. The molecule has 2 aliphatic heterocycles. The molecule has 2 unspecified atom stereocenters. The summed E-state index contributed by atoms with van der Waals surface area (Å²) in [6, 6.07) is 5.37. The van der Waals surface area contributed by atoms with E-state index in [2.05, 4.69) is 0 Å². The molecule has 1 aliphatic carbocycles. The summed E-state index contributed by atoms with van der Waals surface area (Å²) in [6.07, 6.45) is 2.39. The van der Waals surface area contributed by atoms with Gasteiger partial charge in [-0.05, 0) is 104 Å². The SMILES string of the molecule is CC(=O)CC(C(=O)N1C(c2nc3ccc(B4OC(C)(C)C(C)(C)O4)cc3n2C(=O)OC(C)(C)C)[C@H]2CC[C@@H]1C2)C(C)C. The Morgan fingerprint density at radius 1 is 1.10 bits per heavy atom. The van der Waals surface area contributed by atoms with Gasteiger partial charge in [-0.25, -0.2) is 14.3 Å². The summed E-state index contributed by atoms with van der Waals surface area (Å²) >= 11 is 0. The predicted octanol–water partition coefficient (Wildman–Crippen LogP) is 5.42. The van der Waals surface area contributed by atoms with Crippen molar-refractivity contribution in [2.24, 2.45) is 17.8 Å². The van der Waals surface area contributed by atoms with Crippen molar-refractivity contribution in [3.8, 4) is 0 Å². The van der Waals surface area contributed by atoms with Gasteiger partial charge < -0.3 is 23.7 Å². The Morgan fingerprint density at radius 2 is 1.74 bits per heavy atom. The molecule has 3 heterocycles. The highest BCUT2D eigenvalue weighted by Crippen LogP contribution is 2.51. The number of ether oxygens (including phenoxy) is 1. The van der Waals surface area contributed by atoms with Gasteiger partial charge in [0, 0.05) is 18.4 Å². The van der Waals surface area contributed by atoms with Crippen molar-refractivity contribution in [2.45, 2.75) is 124 Å². The number of carbonyl (C=O) groups is 3. The molecule has 1 aromatic carbocycles. The van der Waals surface area contributed by atoms with Crippen LogP contribution in [0.1, 0.15) is 107 Å². The van der Waals surface area contributed by atoms with Gasteiger partial charge in [-0.2, -0.15) is 0 Å². The van der Waals surface area contributed by atoms with Crippen LogP contribution < -0.4 is 5.46 Å². The predicted molar refractivity (Wildman–Crippen MR) is 161 cm³/mol. The van der Waals surface area contributed by atoms with E-state index in [9.17, 15) is 14.4 Å². The molecule has 0 N–H and O–H groups in total. The Bertz CT molecular complexity index is 1390. The first kappa shape index (κ1) is 30.7. The Balaban J connectivity index is 1.62. The van der Waals surface area contributed by atoms with Crippen LogP contribution >= 0.6 is 0 Å². The van der Waals surface area contributed by atoms with Gasteiger partial charge in [-0.15, -0.1) is 0 Å². The number of benzene rings is 1. The van der Waals surface area contributed by atoms with Gasteiger partial charge in [-0.1, -0.05) is 19.9 Å². The van der Waals surface area contributed by atoms with Crippen molar-refractivity contribution >= 4 is 41.4 Å². The van der Waals surface area contributed by atoms with E-state index in [1.165, 1.54) is 6.92 Å². The smallest absolute Gasteiger partial charge is 0.443 e. The largest absolute Gasteiger partial charge is 0.494 e. The topological polar surface area (TPSA) is 100.0 Å². The zero-order valence-electron chi connectivity index (χ0n) is 26.8. The molecule has 5 rings (SSSR count). The number of ketones is 1. The molecule has 1 saturated carbocycles. The van der Waals surface area contributed by atoms with Crippen molar-refractivity contribution in [3.05, 3.63) is 24.0 Å². The third-order valence-electron chi connectivity index (χ3n) is 9.54. The summed E-state index contributed by atoms with van der Waals surface area (Å²) in [5.74, 6) is 0.241.